The van der Waals surface area contributed by atoms with Gasteiger partial charge in [-0.05, 0) is 18.6 Å². The quantitative estimate of drug-likeness (QED) is 0.688. The first-order chi connectivity index (χ1) is 12.2. The molecule has 0 bridgehead atoms. The first-order valence-electron chi connectivity index (χ1n) is 8.97. The van der Waals surface area contributed by atoms with E-state index >= 15 is 0 Å². The predicted molar refractivity (Wildman–Crippen MR) is 100 cm³/mol. The van der Waals surface area contributed by atoms with Crippen LogP contribution in [-0.2, 0) is 0 Å². The molecule has 1 aliphatic rings. The Morgan fingerprint density at radius 1 is 1.12 bits per heavy atom. The van der Waals surface area contributed by atoms with Gasteiger partial charge in [-0.25, -0.2) is 4.98 Å². The fourth-order valence-corrected chi connectivity index (χ4v) is 3.10. The van der Waals surface area contributed by atoms with Crippen LogP contribution >= 0.6 is 0 Å². The number of aromatic nitrogens is 2. The standard InChI is InChI=1S/C18H27N5O2/c1-2-14(13-25)19-17-15-5-3-4-6-16(15)20-18(21-17)23-9-7-22(8-10-23)11-12-24/h3-6,14,24-25H,2,7-13H2,1H3,(H,19,20,21). The number of nitrogens with zero attached hydrogens (tertiary/aromatic N) is 4. The highest BCUT2D eigenvalue weighted by Gasteiger charge is 2.20. The third kappa shape index (κ3) is 4.18. The van der Waals surface area contributed by atoms with Gasteiger partial charge in [-0.15, -0.1) is 0 Å². The summed E-state index contributed by atoms with van der Waals surface area (Å²) in [4.78, 5) is 13.9. The minimum Gasteiger partial charge on any atom is -0.395 e. The van der Waals surface area contributed by atoms with E-state index in [0.29, 0.717) is 6.54 Å². The molecule has 0 aliphatic carbocycles. The molecule has 0 amide bonds. The average Bonchev–Trinajstić information content (AvgIpc) is 2.66. The molecule has 2 heterocycles. The zero-order chi connectivity index (χ0) is 17.6. The molecule has 1 saturated heterocycles. The molecular formula is C18H27N5O2. The van der Waals surface area contributed by atoms with Crippen molar-refractivity contribution in [2.24, 2.45) is 0 Å². The van der Waals surface area contributed by atoms with Crippen molar-refractivity contribution in [1.82, 2.24) is 14.9 Å². The number of hydrogen-bond acceptors (Lipinski definition) is 7. The van der Waals surface area contributed by atoms with Gasteiger partial charge in [-0.2, -0.15) is 4.98 Å². The minimum atomic E-state index is -0.0208. The van der Waals surface area contributed by atoms with Crippen LogP contribution in [0.5, 0.6) is 0 Å². The second-order valence-electron chi connectivity index (χ2n) is 6.37. The zero-order valence-corrected chi connectivity index (χ0v) is 14.7. The predicted octanol–water partition coefficient (Wildman–Crippen LogP) is 0.927. The number of aliphatic hydroxyl groups excluding tert-OH is 2. The largest absolute Gasteiger partial charge is 0.395 e. The van der Waals surface area contributed by atoms with Crippen LogP contribution in [0.1, 0.15) is 13.3 Å². The van der Waals surface area contributed by atoms with Gasteiger partial charge in [0.1, 0.15) is 5.82 Å². The molecule has 3 rings (SSSR count). The molecule has 1 fully saturated rings. The van der Waals surface area contributed by atoms with Crippen LogP contribution in [0.25, 0.3) is 10.9 Å². The van der Waals surface area contributed by atoms with Gasteiger partial charge in [-0.3, -0.25) is 4.90 Å². The Balaban J connectivity index is 1.86. The Morgan fingerprint density at radius 2 is 1.88 bits per heavy atom. The Bertz CT molecular complexity index is 684. The van der Waals surface area contributed by atoms with Crippen LogP contribution in [0.4, 0.5) is 11.8 Å². The molecule has 2 aromatic rings. The van der Waals surface area contributed by atoms with E-state index < -0.39 is 0 Å². The normalized spacial score (nSPS) is 17.0. The maximum Gasteiger partial charge on any atom is 0.227 e. The molecule has 25 heavy (non-hydrogen) atoms. The number of hydrogen-bond donors (Lipinski definition) is 3. The van der Waals surface area contributed by atoms with Crippen LogP contribution < -0.4 is 10.2 Å². The van der Waals surface area contributed by atoms with E-state index in [2.05, 4.69) is 15.1 Å². The lowest BCUT2D eigenvalue weighted by Gasteiger charge is -2.34. The Kier molecular flexibility index (Phi) is 6.01. The Morgan fingerprint density at radius 3 is 2.56 bits per heavy atom. The molecular weight excluding hydrogens is 318 g/mol. The second-order valence-corrected chi connectivity index (χ2v) is 6.37. The molecule has 0 saturated carbocycles. The molecule has 0 spiro atoms. The Labute approximate surface area is 148 Å². The van der Waals surface area contributed by atoms with Crippen LogP contribution in [0.15, 0.2) is 24.3 Å². The van der Waals surface area contributed by atoms with Crippen molar-refractivity contribution in [3.05, 3.63) is 24.3 Å². The lowest BCUT2D eigenvalue weighted by Crippen LogP contribution is -2.47. The minimum absolute atomic E-state index is 0.0208. The van der Waals surface area contributed by atoms with Gasteiger partial charge in [0.25, 0.3) is 0 Å². The molecule has 1 aliphatic heterocycles. The van der Waals surface area contributed by atoms with Crippen molar-refractivity contribution in [3.63, 3.8) is 0 Å². The topological polar surface area (TPSA) is 84.8 Å². The number of aliphatic hydroxyl groups is 2. The van der Waals surface area contributed by atoms with Crippen LogP contribution in [0.3, 0.4) is 0 Å². The average molecular weight is 345 g/mol. The van der Waals surface area contributed by atoms with Crippen molar-refractivity contribution in [1.29, 1.82) is 0 Å². The highest BCUT2D eigenvalue weighted by molar-refractivity contribution is 5.90. The van der Waals surface area contributed by atoms with Crippen molar-refractivity contribution in [2.75, 3.05) is 56.2 Å². The van der Waals surface area contributed by atoms with E-state index in [9.17, 15) is 5.11 Å². The molecule has 1 unspecified atom stereocenters. The molecule has 1 aromatic heterocycles. The number of rotatable bonds is 7. The van der Waals surface area contributed by atoms with Crippen molar-refractivity contribution in [2.45, 2.75) is 19.4 Å². The van der Waals surface area contributed by atoms with Gasteiger partial charge in [0.2, 0.25) is 5.95 Å². The summed E-state index contributed by atoms with van der Waals surface area (Å²) in [5, 5.41) is 22.9. The fourth-order valence-electron chi connectivity index (χ4n) is 3.10. The first kappa shape index (κ1) is 17.8. The van der Waals surface area contributed by atoms with Crippen molar-refractivity contribution >= 4 is 22.7 Å². The lowest BCUT2D eigenvalue weighted by molar-refractivity contribution is 0.188. The summed E-state index contributed by atoms with van der Waals surface area (Å²) in [6, 6.07) is 7.93. The number of fused-ring (bicyclic) bond motifs is 1. The summed E-state index contributed by atoms with van der Waals surface area (Å²) in [6.45, 7) is 6.50. The number of piperazine rings is 1. The molecule has 3 N–H and O–H groups in total. The zero-order valence-electron chi connectivity index (χ0n) is 14.7. The summed E-state index contributed by atoms with van der Waals surface area (Å²) in [7, 11) is 0. The van der Waals surface area contributed by atoms with Crippen LogP contribution in [-0.4, -0.2) is 77.1 Å². The summed E-state index contributed by atoms with van der Waals surface area (Å²) in [5.41, 5.74) is 0.903. The van der Waals surface area contributed by atoms with E-state index in [1.807, 2.05) is 31.2 Å². The third-order valence-corrected chi connectivity index (χ3v) is 4.72. The molecule has 1 aromatic carbocycles. The highest BCUT2D eigenvalue weighted by atomic mass is 16.3. The smallest absolute Gasteiger partial charge is 0.227 e. The van der Waals surface area contributed by atoms with E-state index in [4.69, 9.17) is 15.1 Å². The van der Waals surface area contributed by atoms with Gasteiger partial charge in [0.05, 0.1) is 24.8 Å². The van der Waals surface area contributed by atoms with E-state index in [0.717, 1.165) is 55.3 Å². The van der Waals surface area contributed by atoms with Gasteiger partial charge < -0.3 is 20.4 Å². The molecule has 7 nitrogen and oxygen atoms in total. The number of β-amino-alcohol motifs (C(OH)–C–C–N with tert-alkyl or cyclic N) is 1. The second kappa shape index (κ2) is 8.42. The summed E-state index contributed by atoms with van der Waals surface area (Å²) < 4.78 is 0. The van der Waals surface area contributed by atoms with Gasteiger partial charge in [-0.1, -0.05) is 19.1 Å². The van der Waals surface area contributed by atoms with E-state index in [-0.39, 0.29) is 19.3 Å². The maximum atomic E-state index is 9.51. The number of anilines is 2. The number of para-hydroxylation sites is 1. The van der Waals surface area contributed by atoms with Crippen molar-refractivity contribution in [3.8, 4) is 0 Å². The van der Waals surface area contributed by atoms with E-state index in [1.54, 1.807) is 0 Å². The van der Waals surface area contributed by atoms with Crippen LogP contribution in [0.2, 0.25) is 0 Å². The van der Waals surface area contributed by atoms with Crippen LogP contribution in [0, 0.1) is 0 Å². The monoisotopic (exact) mass is 345 g/mol. The van der Waals surface area contributed by atoms with Gasteiger partial charge in [0, 0.05) is 38.1 Å². The van der Waals surface area contributed by atoms with Gasteiger partial charge in [0.15, 0.2) is 0 Å². The van der Waals surface area contributed by atoms with Crippen molar-refractivity contribution < 1.29 is 10.2 Å². The molecule has 7 heteroatoms. The van der Waals surface area contributed by atoms with Gasteiger partial charge >= 0.3 is 0 Å². The summed E-state index contributed by atoms with van der Waals surface area (Å²) in [5.74, 6) is 1.50. The third-order valence-electron chi connectivity index (χ3n) is 4.72. The highest BCUT2D eigenvalue weighted by Crippen LogP contribution is 2.25. The Hall–Kier alpha value is -1.96. The molecule has 0 radical (unpaired) electrons. The summed E-state index contributed by atoms with van der Waals surface area (Å²) in [6.07, 6.45) is 0.823. The maximum absolute atomic E-state index is 9.51. The fraction of sp³-hybridized carbons (Fsp3) is 0.556. The lowest BCUT2D eigenvalue weighted by atomic mass is 10.2. The molecule has 1 atom stereocenters. The number of benzene rings is 1. The van der Waals surface area contributed by atoms with E-state index in [1.165, 1.54) is 0 Å². The first-order valence-corrected chi connectivity index (χ1v) is 8.97. The summed E-state index contributed by atoms with van der Waals surface area (Å²) >= 11 is 0. The number of nitrogens with one attached hydrogen (secondary N) is 1. The SMILES string of the molecule is CCC(CO)Nc1nc(N2CCN(CCO)CC2)nc2ccccc12. The molecule has 136 valence electrons.